The van der Waals surface area contributed by atoms with Crippen LogP contribution in [0, 0.1) is 0 Å². The molecule has 1 amide bonds. The first-order valence-corrected chi connectivity index (χ1v) is 6.57. The second kappa shape index (κ2) is 6.76. The van der Waals surface area contributed by atoms with E-state index >= 15 is 0 Å². The number of aromatic hydroxyl groups is 1. The first kappa shape index (κ1) is 14.9. The number of hydrogen-bond acceptors (Lipinski definition) is 4. The molecule has 0 saturated heterocycles. The van der Waals surface area contributed by atoms with Gasteiger partial charge in [0.15, 0.2) is 0 Å². The van der Waals surface area contributed by atoms with Crippen LogP contribution in [0.2, 0.25) is 0 Å². The zero-order chi connectivity index (χ0) is 15.2. The highest BCUT2D eigenvalue weighted by Gasteiger charge is 2.11. The van der Waals surface area contributed by atoms with Gasteiger partial charge in [0.2, 0.25) is 0 Å². The number of phenolic OH excluding ortho intramolecular Hbond substituents is 1. The summed E-state index contributed by atoms with van der Waals surface area (Å²) in [6, 6.07) is 12.2. The van der Waals surface area contributed by atoms with Crippen LogP contribution < -0.4 is 15.8 Å². The molecule has 0 heterocycles. The van der Waals surface area contributed by atoms with Crippen LogP contribution in [-0.2, 0) is 13.1 Å². The Morgan fingerprint density at radius 3 is 2.67 bits per heavy atom. The van der Waals surface area contributed by atoms with E-state index in [0.29, 0.717) is 18.8 Å². The smallest absolute Gasteiger partial charge is 0.255 e. The van der Waals surface area contributed by atoms with E-state index in [1.165, 1.54) is 19.2 Å². The van der Waals surface area contributed by atoms with Crippen molar-refractivity contribution in [1.82, 2.24) is 5.32 Å². The van der Waals surface area contributed by atoms with Crippen molar-refractivity contribution in [3.05, 3.63) is 59.2 Å². The number of amides is 1. The van der Waals surface area contributed by atoms with E-state index in [2.05, 4.69) is 5.32 Å². The van der Waals surface area contributed by atoms with E-state index in [1.807, 2.05) is 24.3 Å². The molecule has 0 aliphatic heterocycles. The molecule has 0 radical (unpaired) electrons. The Morgan fingerprint density at radius 2 is 2.00 bits per heavy atom. The highest BCUT2D eigenvalue weighted by atomic mass is 16.5. The SMILES string of the molecule is COc1ccc(C(=O)NCc2cccc(CN)c2)c(O)c1. The fourth-order valence-electron chi connectivity index (χ4n) is 1.97. The third-order valence-corrected chi connectivity index (χ3v) is 3.13. The largest absolute Gasteiger partial charge is 0.507 e. The fourth-order valence-corrected chi connectivity index (χ4v) is 1.97. The van der Waals surface area contributed by atoms with Gasteiger partial charge in [0, 0.05) is 19.2 Å². The normalized spacial score (nSPS) is 10.2. The maximum absolute atomic E-state index is 12.1. The van der Waals surface area contributed by atoms with Gasteiger partial charge in [0.25, 0.3) is 5.91 Å². The zero-order valence-corrected chi connectivity index (χ0v) is 11.8. The summed E-state index contributed by atoms with van der Waals surface area (Å²) < 4.78 is 4.98. The Bertz CT molecular complexity index is 641. The molecular formula is C16H18N2O3. The van der Waals surface area contributed by atoms with Crippen LogP contribution >= 0.6 is 0 Å². The van der Waals surface area contributed by atoms with Gasteiger partial charge < -0.3 is 20.9 Å². The Hall–Kier alpha value is -2.53. The topological polar surface area (TPSA) is 84.6 Å². The van der Waals surface area contributed by atoms with E-state index in [-0.39, 0.29) is 17.2 Å². The minimum Gasteiger partial charge on any atom is -0.507 e. The predicted octanol–water partition coefficient (Wildman–Crippen LogP) is 1.79. The average molecular weight is 286 g/mol. The summed E-state index contributed by atoms with van der Waals surface area (Å²) in [5, 5.41) is 12.6. The number of nitrogens with two attached hydrogens (primary N) is 1. The molecule has 2 rings (SSSR count). The number of nitrogens with one attached hydrogen (secondary N) is 1. The molecule has 0 spiro atoms. The minimum absolute atomic E-state index is 0.109. The molecule has 0 fully saturated rings. The average Bonchev–Trinajstić information content (AvgIpc) is 2.52. The lowest BCUT2D eigenvalue weighted by molar-refractivity contribution is 0.0948. The molecule has 0 bridgehead atoms. The summed E-state index contributed by atoms with van der Waals surface area (Å²) >= 11 is 0. The molecule has 2 aromatic rings. The molecule has 0 atom stereocenters. The number of rotatable bonds is 5. The van der Waals surface area contributed by atoms with E-state index < -0.39 is 0 Å². The van der Waals surface area contributed by atoms with Crippen molar-refractivity contribution in [2.75, 3.05) is 7.11 Å². The number of phenols is 1. The molecule has 2 aromatic carbocycles. The van der Waals surface area contributed by atoms with Crippen LogP contribution in [0.25, 0.3) is 0 Å². The molecule has 0 aliphatic rings. The number of ether oxygens (including phenoxy) is 1. The van der Waals surface area contributed by atoms with Gasteiger partial charge in [-0.05, 0) is 23.3 Å². The molecule has 21 heavy (non-hydrogen) atoms. The van der Waals surface area contributed by atoms with Gasteiger partial charge >= 0.3 is 0 Å². The molecule has 4 N–H and O–H groups in total. The van der Waals surface area contributed by atoms with E-state index in [1.54, 1.807) is 6.07 Å². The summed E-state index contributed by atoms with van der Waals surface area (Å²) in [5.41, 5.74) is 7.76. The maximum atomic E-state index is 12.1. The maximum Gasteiger partial charge on any atom is 0.255 e. The number of methoxy groups -OCH3 is 1. The summed E-state index contributed by atoms with van der Waals surface area (Å²) in [6.45, 7) is 0.833. The van der Waals surface area contributed by atoms with Crippen molar-refractivity contribution in [2.45, 2.75) is 13.1 Å². The molecule has 0 unspecified atom stereocenters. The number of carbonyl (C=O) groups is 1. The lowest BCUT2D eigenvalue weighted by Crippen LogP contribution is -2.23. The third kappa shape index (κ3) is 3.73. The monoisotopic (exact) mass is 286 g/mol. The van der Waals surface area contributed by atoms with Gasteiger partial charge in [-0.25, -0.2) is 0 Å². The Morgan fingerprint density at radius 1 is 1.24 bits per heavy atom. The molecular weight excluding hydrogens is 268 g/mol. The molecule has 5 nitrogen and oxygen atoms in total. The highest BCUT2D eigenvalue weighted by Crippen LogP contribution is 2.23. The highest BCUT2D eigenvalue weighted by molar-refractivity contribution is 5.96. The second-order valence-electron chi connectivity index (χ2n) is 4.59. The Balaban J connectivity index is 2.04. The van der Waals surface area contributed by atoms with Gasteiger partial charge in [0.05, 0.1) is 12.7 Å². The number of hydrogen-bond donors (Lipinski definition) is 3. The van der Waals surface area contributed by atoms with Gasteiger partial charge in [-0.15, -0.1) is 0 Å². The third-order valence-electron chi connectivity index (χ3n) is 3.13. The van der Waals surface area contributed by atoms with Gasteiger partial charge in [-0.2, -0.15) is 0 Å². The molecule has 5 heteroatoms. The molecule has 0 aliphatic carbocycles. The minimum atomic E-state index is -0.340. The standard InChI is InChI=1S/C16H18N2O3/c1-21-13-5-6-14(15(19)8-13)16(20)18-10-12-4-2-3-11(7-12)9-17/h2-8,19H,9-10,17H2,1H3,(H,18,20). The Kier molecular flexibility index (Phi) is 4.79. The van der Waals surface area contributed by atoms with Crippen molar-refractivity contribution in [1.29, 1.82) is 0 Å². The lowest BCUT2D eigenvalue weighted by Gasteiger charge is -2.09. The molecule has 0 saturated carbocycles. The fraction of sp³-hybridized carbons (Fsp3) is 0.188. The van der Waals surface area contributed by atoms with Crippen molar-refractivity contribution in [2.24, 2.45) is 5.73 Å². The quantitative estimate of drug-likeness (QED) is 0.782. The first-order chi connectivity index (χ1) is 10.1. The van der Waals surface area contributed by atoms with Crippen LogP contribution in [0.3, 0.4) is 0 Å². The zero-order valence-electron chi connectivity index (χ0n) is 11.8. The van der Waals surface area contributed by atoms with Crippen LogP contribution in [0.5, 0.6) is 11.5 Å². The van der Waals surface area contributed by atoms with E-state index in [0.717, 1.165) is 11.1 Å². The number of carbonyl (C=O) groups excluding carboxylic acids is 1. The second-order valence-corrected chi connectivity index (χ2v) is 4.59. The van der Waals surface area contributed by atoms with Gasteiger partial charge in [-0.3, -0.25) is 4.79 Å². The summed E-state index contributed by atoms with van der Waals surface area (Å²) in [4.78, 5) is 12.1. The number of benzene rings is 2. The lowest BCUT2D eigenvalue weighted by atomic mass is 10.1. The van der Waals surface area contributed by atoms with Crippen LogP contribution in [0.1, 0.15) is 21.5 Å². The molecule has 110 valence electrons. The molecule has 0 aromatic heterocycles. The van der Waals surface area contributed by atoms with Crippen molar-refractivity contribution in [3.63, 3.8) is 0 Å². The van der Waals surface area contributed by atoms with Gasteiger partial charge in [0.1, 0.15) is 11.5 Å². The first-order valence-electron chi connectivity index (χ1n) is 6.57. The van der Waals surface area contributed by atoms with Gasteiger partial charge in [-0.1, -0.05) is 24.3 Å². The summed E-state index contributed by atoms with van der Waals surface area (Å²) in [7, 11) is 1.50. The Labute approximate surface area is 123 Å². The summed E-state index contributed by atoms with van der Waals surface area (Å²) in [5.74, 6) is 0.0514. The predicted molar refractivity (Wildman–Crippen MR) is 80.2 cm³/mol. The van der Waals surface area contributed by atoms with Crippen molar-refractivity contribution >= 4 is 5.91 Å². The van der Waals surface area contributed by atoms with E-state index in [4.69, 9.17) is 10.5 Å². The van der Waals surface area contributed by atoms with Crippen LogP contribution in [0.15, 0.2) is 42.5 Å². The van der Waals surface area contributed by atoms with Crippen molar-refractivity contribution in [3.8, 4) is 11.5 Å². The van der Waals surface area contributed by atoms with E-state index in [9.17, 15) is 9.90 Å². The van der Waals surface area contributed by atoms with Crippen molar-refractivity contribution < 1.29 is 14.6 Å². The van der Waals surface area contributed by atoms with Crippen LogP contribution in [-0.4, -0.2) is 18.1 Å². The van der Waals surface area contributed by atoms with Crippen LogP contribution in [0.4, 0.5) is 0 Å². The summed E-state index contributed by atoms with van der Waals surface area (Å²) in [6.07, 6.45) is 0.